The second-order valence-corrected chi connectivity index (χ2v) is 3.13. The van der Waals surface area contributed by atoms with Gasteiger partial charge in [-0.2, -0.15) is 0 Å². The van der Waals surface area contributed by atoms with E-state index in [1.165, 1.54) is 0 Å². The smallest absolute Gasteiger partial charge is 0.174 e. The molecule has 1 aliphatic rings. The molecule has 0 spiro atoms. The normalized spacial score (nSPS) is 35.0. The molecule has 0 aromatic carbocycles. The predicted octanol–water partition coefficient (Wildman–Crippen LogP) is 0.493. The first kappa shape index (κ1) is 9.92. The highest BCUT2D eigenvalue weighted by Crippen LogP contribution is 2.31. The second-order valence-electron chi connectivity index (χ2n) is 3.13. The van der Waals surface area contributed by atoms with Gasteiger partial charge in [0.15, 0.2) is 12.1 Å². The highest BCUT2D eigenvalue weighted by atomic mass is 16.7. The first-order valence-corrected chi connectivity index (χ1v) is 4.06. The molecule has 1 rings (SSSR count). The van der Waals surface area contributed by atoms with Crippen LogP contribution in [0.4, 0.5) is 0 Å². The van der Waals surface area contributed by atoms with Gasteiger partial charge in [-0.15, -0.1) is 0 Å². The van der Waals surface area contributed by atoms with Gasteiger partial charge < -0.3 is 19.3 Å². The van der Waals surface area contributed by atoms with Crippen molar-refractivity contribution < 1.29 is 19.3 Å². The third-order valence-corrected chi connectivity index (χ3v) is 2.22. The Morgan fingerprint density at radius 3 is 2.33 bits per heavy atom. The van der Waals surface area contributed by atoms with E-state index in [0.717, 1.165) is 0 Å². The molecule has 72 valence electrons. The molecule has 1 fully saturated rings. The van der Waals surface area contributed by atoms with Crippen molar-refractivity contribution in [3.05, 3.63) is 0 Å². The van der Waals surface area contributed by atoms with Gasteiger partial charge in [0.2, 0.25) is 0 Å². The molecule has 1 N–H and O–H groups in total. The van der Waals surface area contributed by atoms with Crippen molar-refractivity contribution in [2.24, 2.45) is 0 Å². The van der Waals surface area contributed by atoms with Crippen LogP contribution in [0.3, 0.4) is 0 Å². The molecule has 0 saturated carbocycles. The number of hydrogen-bond acceptors (Lipinski definition) is 4. The van der Waals surface area contributed by atoms with Gasteiger partial charge in [0, 0.05) is 20.6 Å². The van der Waals surface area contributed by atoms with E-state index in [4.69, 9.17) is 14.2 Å². The molecule has 0 aromatic heterocycles. The fourth-order valence-corrected chi connectivity index (χ4v) is 1.57. The van der Waals surface area contributed by atoms with Crippen LogP contribution in [0.15, 0.2) is 0 Å². The monoisotopic (exact) mass is 176 g/mol. The summed E-state index contributed by atoms with van der Waals surface area (Å²) in [6, 6.07) is 0. The summed E-state index contributed by atoms with van der Waals surface area (Å²) in [5, 5.41) is 9.30. The van der Waals surface area contributed by atoms with Gasteiger partial charge in [0.25, 0.3) is 0 Å². The van der Waals surface area contributed by atoms with Gasteiger partial charge in [0.1, 0.15) is 0 Å². The Kier molecular flexibility index (Phi) is 3.06. The quantitative estimate of drug-likeness (QED) is 0.622. The topological polar surface area (TPSA) is 47.9 Å². The van der Waals surface area contributed by atoms with Gasteiger partial charge >= 0.3 is 0 Å². The zero-order valence-corrected chi connectivity index (χ0v) is 7.74. The van der Waals surface area contributed by atoms with Crippen LogP contribution >= 0.6 is 0 Å². The van der Waals surface area contributed by atoms with E-state index in [1.54, 1.807) is 14.2 Å². The number of aliphatic hydroxyl groups is 1. The van der Waals surface area contributed by atoms with Crippen molar-refractivity contribution in [2.75, 3.05) is 14.2 Å². The van der Waals surface area contributed by atoms with E-state index in [2.05, 4.69) is 0 Å². The van der Waals surface area contributed by atoms with Crippen molar-refractivity contribution in [2.45, 2.75) is 37.9 Å². The van der Waals surface area contributed by atoms with Crippen molar-refractivity contribution >= 4 is 0 Å². The van der Waals surface area contributed by atoms with Crippen LogP contribution in [0.5, 0.6) is 0 Å². The van der Waals surface area contributed by atoms with Crippen LogP contribution in [-0.2, 0) is 14.2 Å². The summed E-state index contributed by atoms with van der Waals surface area (Å²) in [4.78, 5) is 0. The fourth-order valence-electron chi connectivity index (χ4n) is 1.57. The standard InChI is InChI=1S/C8H16O4/c1-6-4-8(10-2,11-3)5-7(9)12-6/h6-7,9H,4-5H2,1-3H3. The average Bonchev–Trinajstić information content (AvgIpc) is 2.02. The van der Waals surface area contributed by atoms with E-state index in [-0.39, 0.29) is 6.10 Å². The SMILES string of the molecule is COC1(OC)CC(C)OC(O)C1. The first-order chi connectivity index (χ1) is 5.62. The van der Waals surface area contributed by atoms with Gasteiger partial charge in [0.05, 0.1) is 12.5 Å². The summed E-state index contributed by atoms with van der Waals surface area (Å²) in [5.41, 5.74) is 0. The lowest BCUT2D eigenvalue weighted by atomic mass is 10.0. The third kappa shape index (κ3) is 1.95. The number of ether oxygens (including phenoxy) is 3. The van der Waals surface area contributed by atoms with Crippen molar-refractivity contribution in [3.8, 4) is 0 Å². The minimum atomic E-state index is -0.784. The lowest BCUT2D eigenvalue weighted by Crippen LogP contribution is -2.46. The molecule has 12 heavy (non-hydrogen) atoms. The molecule has 0 aliphatic carbocycles. The zero-order chi connectivity index (χ0) is 9.19. The summed E-state index contributed by atoms with van der Waals surface area (Å²) in [5.74, 6) is -0.670. The molecule has 1 aliphatic heterocycles. The summed E-state index contributed by atoms with van der Waals surface area (Å²) in [6.07, 6.45) is 0.198. The maximum atomic E-state index is 9.30. The third-order valence-electron chi connectivity index (χ3n) is 2.22. The molecule has 2 atom stereocenters. The lowest BCUT2D eigenvalue weighted by Gasteiger charge is -2.39. The Balaban J connectivity index is 2.62. The summed E-state index contributed by atoms with van der Waals surface area (Å²) < 4.78 is 15.6. The van der Waals surface area contributed by atoms with Crippen molar-refractivity contribution in [1.82, 2.24) is 0 Å². The van der Waals surface area contributed by atoms with E-state index in [9.17, 15) is 5.11 Å². The number of hydrogen-bond donors (Lipinski definition) is 1. The van der Waals surface area contributed by atoms with Gasteiger partial charge in [-0.1, -0.05) is 0 Å². The Hall–Kier alpha value is -0.160. The van der Waals surface area contributed by atoms with Crippen molar-refractivity contribution in [3.63, 3.8) is 0 Å². The van der Waals surface area contributed by atoms with E-state index < -0.39 is 12.1 Å². The Labute approximate surface area is 72.4 Å². The van der Waals surface area contributed by atoms with Crippen LogP contribution in [0.1, 0.15) is 19.8 Å². The van der Waals surface area contributed by atoms with Crippen LogP contribution in [0, 0.1) is 0 Å². The maximum absolute atomic E-state index is 9.30. The van der Waals surface area contributed by atoms with Gasteiger partial charge in [-0.3, -0.25) is 0 Å². The predicted molar refractivity (Wildman–Crippen MR) is 42.5 cm³/mol. The Morgan fingerprint density at radius 2 is 1.92 bits per heavy atom. The van der Waals surface area contributed by atoms with E-state index >= 15 is 0 Å². The molecule has 1 heterocycles. The summed E-state index contributed by atoms with van der Waals surface area (Å²) in [7, 11) is 3.16. The first-order valence-electron chi connectivity index (χ1n) is 4.06. The van der Waals surface area contributed by atoms with E-state index in [1.807, 2.05) is 6.92 Å². The van der Waals surface area contributed by atoms with Gasteiger partial charge in [-0.05, 0) is 6.92 Å². The maximum Gasteiger partial charge on any atom is 0.174 e. The Morgan fingerprint density at radius 1 is 1.33 bits per heavy atom. The molecule has 0 amide bonds. The van der Waals surface area contributed by atoms with Crippen molar-refractivity contribution in [1.29, 1.82) is 0 Å². The highest BCUT2D eigenvalue weighted by Gasteiger charge is 2.39. The Bertz CT molecular complexity index is 132. The number of rotatable bonds is 2. The molecule has 4 heteroatoms. The lowest BCUT2D eigenvalue weighted by molar-refractivity contribution is -0.302. The minimum absolute atomic E-state index is 0.0337. The van der Waals surface area contributed by atoms with Crippen LogP contribution in [-0.4, -0.2) is 37.5 Å². The highest BCUT2D eigenvalue weighted by molar-refractivity contribution is 4.78. The van der Waals surface area contributed by atoms with Crippen LogP contribution in [0.2, 0.25) is 0 Å². The van der Waals surface area contributed by atoms with Crippen LogP contribution in [0.25, 0.3) is 0 Å². The van der Waals surface area contributed by atoms with E-state index in [0.29, 0.717) is 12.8 Å². The molecule has 0 radical (unpaired) electrons. The fraction of sp³-hybridized carbons (Fsp3) is 1.00. The summed E-state index contributed by atoms with van der Waals surface area (Å²) in [6.45, 7) is 1.88. The minimum Gasteiger partial charge on any atom is -0.368 e. The summed E-state index contributed by atoms with van der Waals surface area (Å²) >= 11 is 0. The molecular weight excluding hydrogens is 160 g/mol. The molecular formula is C8H16O4. The number of aliphatic hydroxyl groups excluding tert-OH is 1. The molecule has 0 aromatic rings. The molecule has 0 bridgehead atoms. The van der Waals surface area contributed by atoms with Gasteiger partial charge in [-0.25, -0.2) is 0 Å². The zero-order valence-electron chi connectivity index (χ0n) is 7.74. The average molecular weight is 176 g/mol. The number of methoxy groups -OCH3 is 2. The van der Waals surface area contributed by atoms with Crippen LogP contribution < -0.4 is 0 Å². The molecule has 4 nitrogen and oxygen atoms in total. The molecule has 1 saturated heterocycles. The molecule has 2 unspecified atom stereocenters. The largest absolute Gasteiger partial charge is 0.368 e. The second kappa shape index (κ2) is 3.70.